The summed E-state index contributed by atoms with van der Waals surface area (Å²) in [6, 6.07) is 15.0. The number of aryl methyl sites for hydroxylation is 1. The molecule has 11 heteroatoms. The third-order valence-electron chi connectivity index (χ3n) is 6.18. The average molecular weight is 552 g/mol. The summed E-state index contributed by atoms with van der Waals surface area (Å²) in [6.07, 6.45) is 2.45. The van der Waals surface area contributed by atoms with E-state index in [4.69, 9.17) is 9.47 Å². The topological polar surface area (TPSA) is 130 Å². The number of rotatable bonds is 9. The number of aromatic hydroxyl groups is 1. The van der Waals surface area contributed by atoms with Crippen molar-refractivity contribution in [3.8, 4) is 28.8 Å². The van der Waals surface area contributed by atoms with Gasteiger partial charge in [0, 0.05) is 24.4 Å². The van der Waals surface area contributed by atoms with Crippen LogP contribution >= 0.6 is 0 Å². The van der Waals surface area contributed by atoms with Crippen LogP contribution in [0.1, 0.15) is 26.1 Å². The Labute approximate surface area is 225 Å². The maximum absolute atomic E-state index is 13.7. The molecule has 0 aliphatic carbocycles. The number of benzene rings is 2. The van der Waals surface area contributed by atoms with Crippen molar-refractivity contribution in [3.05, 3.63) is 93.4 Å². The highest BCUT2D eigenvalue weighted by atomic mass is 32.2. The molecule has 0 saturated carbocycles. The zero-order valence-electron chi connectivity index (χ0n) is 22.0. The van der Waals surface area contributed by atoms with E-state index in [9.17, 15) is 23.1 Å². The Hall–Kier alpha value is -4.38. The smallest absolute Gasteiger partial charge is 0.296 e. The molecule has 1 N–H and O–H groups in total. The quantitative estimate of drug-likeness (QED) is 0.334. The maximum atomic E-state index is 13.7. The van der Waals surface area contributed by atoms with E-state index in [2.05, 4.69) is 4.98 Å². The fourth-order valence-electron chi connectivity index (χ4n) is 4.19. The average Bonchev–Trinajstić information content (AvgIpc) is 2.91. The van der Waals surface area contributed by atoms with Crippen LogP contribution in [0.3, 0.4) is 0 Å². The van der Waals surface area contributed by atoms with Crippen LogP contribution in [0, 0.1) is 5.92 Å². The van der Waals surface area contributed by atoms with Crippen molar-refractivity contribution in [2.24, 2.45) is 5.92 Å². The molecule has 4 rings (SSSR count). The van der Waals surface area contributed by atoms with Gasteiger partial charge in [0.05, 0.1) is 19.1 Å². The zero-order chi connectivity index (χ0) is 28.3. The van der Waals surface area contributed by atoms with Gasteiger partial charge in [-0.3, -0.25) is 18.7 Å². The SMILES string of the molecule is COc1cccc(OC)c1-n1c(CCC(C)C)nc(=O)c(S(=O)(=O)c2ccc(-n3ccccc3=O)cc2)c1O. The summed E-state index contributed by atoms with van der Waals surface area (Å²) < 4.78 is 41.0. The number of nitrogens with zero attached hydrogens (tertiary/aromatic N) is 3. The molecule has 0 aliphatic rings. The van der Waals surface area contributed by atoms with E-state index in [0.29, 0.717) is 12.1 Å². The van der Waals surface area contributed by atoms with E-state index in [1.165, 1.54) is 53.7 Å². The minimum absolute atomic E-state index is 0.159. The highest BCUT2D eigenvalue weighted by Gasteiger charge is 2.32. The van der Waals surface area contributed by atoms with Crippen molar-refractivity contribution >= 4 is 9.84 Å². The standard InChI is InChI=1S/C28H29N3O7S/c1-18(2)11-16-23-29-27(33)26(28(34)31(23)25-21(37-3)8-7-9-22(25)38-4)39(35,36)20-14-12-19(13-15-20)30-17-6-5-10-24(30)32/h5-10,12-15,17-18,34H,11,16H2,1-4H3. The van der Waals surface area contributed by atoms with Crippen LogP contribution in [0.25, 0.3) is 11.4 Å². The van der Waals surface area contributed by atoms with Crippen LogP contribution in [0.15, 0.2) is 86.2 Å². The molecule has 0 amide bonds. The van der Waals surface area contributed by atoms with E-state index in [-0.39, 0.29) is 45.8 Å². The summed E-state index contributed by atoms with van der Waals surface area (Å²) in [5.74, 6) is 0.159. The van der Waals surface area contributed by atoms with Gasteiger partial charge in [-0.05, 0) is 54.8 Å². The summed E-state index contributed by atoms with van der Waals surface area (Å²) in [6.45, 7) is 4.00. The van der Waals surface area contributed by atoms with Crippen molar-refractivity contribution in [3.63, 3.8) is 0 Å². The van der Waals surface area contributed by atoms with Crippen LogP contribution in [0.2, 0.25) is 0 Å². The molecule has 204 valence electrons. The van der Waals surface area contributed by atoms with Gasteiger partial charge in [0.1, 0.15) is 23.0 Å². The van der Waals surface area contributed by atoms with Crippen LogP contribution in [0.5, 0.6) is 17.4 Å². The van der Waals surface area contributed by atoms with Gasteiger partial charge in [0.2, 0.25) is 15.7 Å². The number of hydrogen-bond donors (Lipinski definition) is 1. The number of aromatic nitrogens is 3. The van der Waals surface area contributed by atoms with Gasteiger partial charge in [-0.25, -0.2) is 8.42 Å². The van der Waals surface area contributed by atoms with Gasteiger partial charge >= 0.3 is 0 Å². The van der Waals surface area contributed by atoms with Crippen LogP contribution in [-0.4, -0.2) is 41.9 Å². The van der Waals surface area contributed by atoms with E-state index >= 15 is 0 Å². The molecule has 4 aromatic rings. The molecular weight excluding hydrogens is 522 g/mol. The molecule has 2 aromatic carbocycles. The second kappa shape index (κ2) is 11.2. The van der Waals surface area contributed by atoms with Gasteiger partial charge < -0.3 is 14.6 Å². The fraction of sp³-hybridized carbons (Fsp3) is 0.250. The van der Waals surface area contributed by atoms with Gasteiger partial charge in [-0.15, -0.1) is 0 Å². The largest absolute Gasteiger partial charge is 0.494 e. The molecular formula is C28H29N3O7S. The summed E-state index contributed by atoms with van der Waals surface area (Å²) in [7, 11) is -1.69. The maximum Gasteiger partial charge on any atom is 0.296 e. The lowest BCUT2D eigenvalue weighted by molar-refractivity contribution is 0.373. The highest BCUT2D eigenvalue weighted by molar-refractivity contribution is 7.91. The van der Waals surface area contributed by atoms with Crippen molar-refractivity contribution in [1.82, 2.24) is 14.1 Å². The van der Waals surface area contributed by atoms with Crippen molar-refractivity contribution < 1.29 is 23.0 Å². The van der Waals surface area contributed by atoms with Gasteiger partial charge in [0.25, 0.3) is 11.1 Å². The summed E-state index contributed by atoms with van der Waals surface area (Å²) in [5, 5.41) is 11.5. The second-order valence-electron chi connectivity index (χ2n) is 9.17. The third kappa shape index (κ3) is 5.30. The Balaban J connectivity index is 1.94. The van der Waals surface area contributed by atoms with E-state index in [0.717, 1.165) is 0 Å². The van der Waals surface area contributed by atoms with Crippen LogP contribution < -0.4 is 20.6 Å². The van der Waals surface area contributed by atoms with E-state index in [1.54, 1.807) is 36.5 Å². The fourth-order valence-corrected chi connectivity index (χ4v) is 5.53. The molecule has 39 heavy (non-hydrogen) atoms. The molecule has 10 nitrogen and oxygen atoms in total. The molecule has 0 radical (unpaired) electrons. The first kappa shape index (κ1) is 27.6. The van der Waals surface area contributed by atoms with Crippen molar-refractivity contribution in [2.45, 2.75) is 36.5 Å². The molecule has 0 unspecified atom stereocenters. The number of pyridine rings is 1. The molecule has 0 spiro atoms. The molecule has 0 bridgehead atoms. The second-order valence-corrected chi connectivity index (χ2v) is 11.1. The predicted octanol–water partition coefficient (Wildman–Crippen LogP) is 3.53. The third-order valence-corrected chi connectivity index (χ3v) is 7.97. The van der Waals surface area contributed by atoms with Crippen LogP contribution in [0.4, 0.5) is 0 Å². The Bertz CT molecular complexity index is 1700. The van der Waals surface area contributed by atoms with Gasteiger partial charge in [0.15, 0.2) is 4.90 Å². The highest BCUT2D eigenvalue weighted by Crippen LogP contribution is 2.38. The Morgan fingerprint density at radius 3 is 2.13 bits per heavy atom. The molecule has 0 fully saturated rings. The number of para-hydroxylation sites is 1. The van der Waals surface area contributed by atoms with Crippen LogP contribution in [-0.2, 0) is 16.3 Å². The minimum atomic E-state index is -4.54. The minimum Gasteiger partial charge on any atom is -0.494 e. The molecule has 0 atom stereocenters. The Morgan fingerprint density at radius 2 is 1.56 bits per heavy atom. The van der Waals surface area contributed by atoms with E-state index < -0.39 is 26.2 Å². The lowest BCUT2D eigenvalue weighted by Gasteiger charge is -2.21. The first-order chi connectivity index (χ1) is 18.6. The lowest BCUT2D eigenvalue weighted by Crippen LogP contribution is -2.25. The number of hydrogen-bond acceptors (Lipinski definition) is 8. The molecule has 0 aliphatic heterocycles. The number of sulfone groups is 1. The first-order valence-electron chi connectivity index (χ1n) is 12.2. The van der Waals surface area contributed by atoms with Crippen molar-refractivity contribution in [1.29, 1.82) is 0 Å². The number of ether oxygens (including phenoxy) is 2. The normalized spacial score (nSPS) is 11.5. The molecule has 2 heterocycles. The summed E-state index contributed by atoms with van der Waals surface area (Å²) in [4.78, 5) is 28.3. The monoisotopic (exact) mass is 551 g/mol. The molecule has 2 aromatic heterocycles. The van der Waals surface area contributed by atoms with Crippen molar-refractivity contribution in [2.75, 3.05) is 14.2 Å². The van der Waals surface area contributed by atoms with Gasteiger partial charge in [-0.2, -0.15) is 4.98 Å². The first-order valence-corrected chi connectivity index (χ1v) is 13.7. The van der Waals surface area contributed by atoms with Gasteiger partial charge in [-0.1, -0.05) is 26.0 Å². The lowest BCUT2D eigenvalue weighted by atomic mass is 10.1. The molecule has 0 saturated heterocycles. The Morgan fingerprint density at radius 1 is 0.923 bits per heavy atom. The summed E-state index contributed by atoms with van der Waals surface area (Å²) >= 11 is 0. The Kier molecular flexibility index (Phi) is 7.91. The number of methoxy groups -OCH3 is 2. The predicted molar refractivity (Wildman–Crippen MR) is 145 cm³/mol. The zero-order valence-corrected chi connectivity index (χ0v) is 22.8. The summed E-state index contributed by atoms with van der Waals surface area (Å²) in [5.41, 5.74) is -0.732. The van der Waals surface area contributed by atoms with E-state index in [1.807, 2.05) is 13.8 Å².